The normalized spacial score (nSPS) is 27.0. The Kier molecular flexibility index (Phi) is 9.37. The Morgan fingerprint density at radius 2 is 1.56 bits per heavy atom. The molecule has 3 aliphatic rings. The van der Waals surface area contributed by atoms with Gasteiger partial charge in [-0.15, -0.1) is 12.4 Å². The molecule has 3 fully saturated rings. The van der Waals surface area contributed by atoms with Crippen LogP contribution in [-0.4, -0.2) is 48.4 Å². The summed E-state index contributed by atoms with van der Waals surface area (Å²) in [7, 11) is 0. The first-order chi connectivity index (χ1) is 12.7. The third kappa shape index (κ3) is 6.08. The average Bonchev–Trinajstić information content (AvgIpc) is 3.22. The van der Waals surface area contributed by atoms with Crippen LogP contribution < -0.4 is 10.6 Å². The van der Waals surface area contributed by atoms with Crippen molar-refractivity contribution in [3.05, 3.63) is 0 Å². The van der Waals surface area contributed by atoms with Crippen LogP contribution in [0.15, 0.2) is 0 Å². The third-order valence-electron chi connectivity index (χ3n) is 6.65. The summed E-state index contributed by atoms with van der Waals surface area (Å²) in [5.74, 6) is 1.05. The van der Waals surface area contributed by atoms with Crippen LogP contribution in [0.2, 0.25) is 0 Å². The van der Waals surface area contributed by atoms with E-state index in [4.69, 9.17) is 0 Å². The minimum absolute atomic E-state index is 0. The van der Waals surface area contributed by atoms with E-state index in [0.717, 1.165) is 77.4 Å². The zero-order chi connectivity index (χ0) is 18.4. The summed E-state index contributed by atoms with van der Waals surface area (Å²) in [5.41, 5.74) is 0. The van der Waals surface area contributed by atoms with Gasteiger partial charge in [-0.3, -0.25) is 9.59 Å². The standard InChI is InChI=1S/C21H37N3O2.ClH/c1-2-15-24(19-11-13-22-14-12-19)21(26)17-7-9-18(10-8-17)23-20(25)16-5-3-4-6-16;/h16-19,22H,2-15H2,1H3,(H,23,25);1H. The van der Waals surface area contributed by atoms with Gasteiger partial charge in [0.05, 0.1) is 0 Å². The van der Waals surface area contributed by atoms with Crippen molar-refractivity contribution in [1.82, 2.24) is 15.5 Å². The Labute approximate surface area is 170 Å². The highest BCUT2D eigenvalue weighted by Gasteiger charge is 2.34. The molecule has 0 aromatic carbocycles. The number of carbonyl (C=O) groups is 2. The smallest absolute Gasteiger partial charge is 0.225 e. The van der Waals surface area contributed by atoms with Gasteiger partial charge in [0.2, 0.25) is 11.8 Å². The molecule has 0 atom stereocenters. The zero-order valence-corrected chi connectivity index (χ0v) is 17.7. The highest BCUT2D eigenvalue weighted by Crippen LogP contribution is 2.29. The van der Waals surface area contributed by atoms with Crippen molar-refractivity contribution in [2.75, 3.05) is 19.6 Å². The van der Waals surface area contributed by atoms with E-state index in [2.05, 4.69) is 22.5 Å². The molecule has 1 heterocycles. The Balaban J connectivity index is 0.00000261. The summed E-state index contributed by atoms with van der Waals surface area (Å²) in [6, 6.07) is 0.703. The number of amides is 2. The fourth-order valence-electron chi connectivity index (χ4n) is 5.06. The molecule has 0 unspecified atom stereocenters. The van der Waals surface area contributed by atoms with Crippen molar-refractivity contribution in [3.63, 3.8) is 0 Å². The van der Waals surface area contributed by atoms with Crippen LogP contribution >= 0.6 is 12.4 Å². The molecule has 6 heteroatoms. The molecule has 2 amide bonds. The predicted molar refractivity (Wildman–Crippen MR) is 111 cm³/mol. The fourth-order valence-corrected chi connectivity index (χ4v) is 5.06. The van der Waals surface area contributed by atoms with E-state index in [-0.39, 0.29) is 36.2 Å². The van der Waals surface area contributed by atoms with Crippen molar-refractivity contribution in [2.24, 2.45) is 11.8 Å². The van der Waals surface area contributed by atoms with Gasteiger partial charge in [-0.05, 0) is 70.9 Å². The van der Waals surface area contributed by atoms with E-state index in [1.54, 1.807) is 0 Å². The fraction of sp³-hybridized carbons (Fsp3) is 0.905. The summed E-state index contributed by atoms with van der Waals surface area (Å²) < 4.78 is 0. The number of carbonyl (C=O) groups excluding carboxylic acids is 2. The summed E-state index contributed by atoms with van der Waals surface area (Å²) in [6.45, 7) is 5.11. The number of nitrogens with one attached hydrogen (secondary N) is 2. The average molecular weight is 400 g/mol. The second-order valence-electron chi connectivity index (χ2n) is 8.55. The molecule has 2 N–H and O–H groups in total. The van der Waals surface area contributed by atoms with E-state index < -0.39 is 0 Å². The monoisotopic (exact) mass is 399 g/mol. The Morgan fingerprint density at radius 3 is 2.15 bits per heavy atom. The second kappa shape index (κ2) is 11.3. The largest absolute Gasteiger partial charge is 0.353 e. The van der Waals surface area contributed by atoms with Crippen LogP contribution in [0, 0.1) is 11.8 Å². The number of hydrogen-bond donors (Lipinski definition) is 2. The van der Waals surface area contributed by atoms with Crippen LogP contribution in [0.5, 0.6) is 0 Å². The highest BCUT2D eigenvalue weighted by atomic mass is 35.5. The van der Waals surface area contributed by atoms with E-state index in [9.17, 15) is 9.59 Å². The van der Waals surface area contributed by atoms with Gasteiger partial charge in [0.15, 0.2) is 0 Å². The summed E-state index contributed by atoms with van der Waals surface area (Å²) in [4.78, 5) is 27.7. The van der Waals surface area contributed by atoms with Crippen LogP contribution in [0.1, 0.15) is 77.6 Å². The van der Waals surface area contributed by atoms with Crippen LogP contribution in [-0.2, 0) is 9.59 Å². The number of hydrogen-bond acceptors (Lipinski definition) is 3. The van der Waals surface area contributed by atoms with Gasteiger partial charge in [-0.1, -0.05) is 19.8 Å². The van der Waals surface area contributed by atoms with E-state index in [0.29, 0.717) is 11.9 Å². The maximum Gasteiger partial charge on any atom is 0.225 e. The molecular weight excluding hydrogens is 362 g/mol. The number of piperidine rings is 1. The van der Waals surface area contributed by atoms with Crippen molar-refractivity contribution in [3.8, 4) is 0 Å². The number of nitrogens with zero attached hydrogens (tertiary/aromatic N) is 1. The first kappa shape index (κ1) is 22.5. The first-order valence-corrected chi connectivity index (χ1v) is 11.0. The quantitative estimate of drug-likeness (QED) is 0.720. The van der Waals surface area contributed by atoms with E-state index in [1.807, 2.05) is 0 Å². The molecule has 156 valence electrons. The molecule has 1 saturated heterocycles. The maximum atomic E-state index is 13.1. The number of rotatable bonds is 6. The van der Waals surface area contributed by atoms with Gasteiger partial charge >= 0.3 is 0 Å². The summed E-state index contributed by atoms with van der Waals surface area (Å²) >= 11 is 0. The molecule has 0 aromatic heterocycles. The summed E-state index contributed by atoms with van der Waals surface area (Å²) in [5, 5.41) is 6.66. The van der Waals surface area contributed by atoms with Gasteiger partial charge in [0.25, 0.3) is 0 Å². The van der Waals surface area contributed by atoms with Crippen LogP contribution in [0.3, 0.4) is 0 Å². The lowest BCUT2D eigenvalue weighted by Gasteiger charge is -2.38. The molecule has 0 aromatic rings. The Bertz CT molecular complexity index is 468. The van der Waals surface area contributed by atoms with Crippen molar-refractivity contribution in [2.45, 2.75) is 89.6 Å². The first-order valence-electron chi connectivity index (χ1n) is 11.0. The van der Waals surface area contributed by atoms with Gasteiger partial charge in [-0.2, -0.15) is 0 Å². The molecule has 0 radical (unpaired) electrons. The minimum atomic E-state index is 0. The minimum Gasteiger partial charge on any atom is -0.353 e. The predicted octanol–water partition coefficient (Wildman–Crippen LogP) is 3.26. The van der Waals surface area contributed by atoms with Gasteiger partial charge < -0.3 is 15.5 Å². The van der Waals surface area contributed by atoms with Crippen LogP contribution in [0.25, 0.3) is 0 Å². The number of halogens is 1. The van der Waals surface area contributed by atoms with Crippen molar-refractivity contribution in [1.29, 1.82) is 0 Å². The maximum absolute atomic E-state index is 13.1. The SMILES string of the molecule is CCCN(C(=O)C1CCC(NC(=O)C2CCCC2)CC1)C1CCNCC1.Cl. The summed E-state index contributed by atoms with van der Waals surface area (Å²) in [6.07, 6.45) is 11.5. The molecule has 1 aliphatic heterocycles. The lowest BCUT2D eigenvalue weighted by Crippen LogP contribution is -2.49. The van der Waals surface area contributed by atoms with E-state index in [1.165, 1.54) is 12.8 Å². The van der Waals surface area contributed by atoms with Crippen molar-refractivity contribution < 1.29 is 9.59 Å². The molecule has 2 saturated carbocycles. The van der Waals surface area contributed by atoms with Crippen LogP contribution in [0.4, 0.5) is 0 Å². The van der Waals surface area contributed by atoms with Gasteiger partial charge in [0.1, 0.15) is 0 Å². The van der Waals surface area contributed by atoms with Gasteiger partial charge in [0, 0.05) is 30.5 Å². The van der Waals surface area contributed by atoms with Gasteiger partial charge in [-0.25, -0.2) is 0 Å². The lowest BCUT2D eigenvalue weighted by molar-refractivity contribution is -0.139. The molecule has 0 spiro atoms. The molecule has 5 nitrogen and oxygen atoms in total. The molecule has 27 heavy (non-hydrogen) atoms. The third-order valence-corrected chi connectivity index (χ3v) is 6.65. The van der Waals surface area contributed by atoms with E-state index >= 15 is 0 Å². The molecular formula is C21H38ClN3O2. The lowest BCUT2D eigenvalue weighted by atomic mass is 9.84. The molecule has 3 rings (SSSR count). The highest BCUT2D eigenvalue weighted by molar-refractivity contribution is 5.85. The molecule has 0 bridgehead atoms. The second-order valence-corrected chi connectivity index (χ2v) is 8.55. The topological polar surface area (TPSA) is 61.4 Å². The van der Waals surface area contributed by atoms with Crippen molar-refractivity contribution >= 4 is 24.2 Å². The zero-order valence-electron chi connectivity index (χ0n) is 16.9. The Morgan fingerprint density at radius 1 is 0.926 bits per heavy atom. The molecule has 2 aliphatic carbocycles. The Hall–Kier alpha value is -0.810.